The maximum Gasteiger partial charge on any atom is 0.416 e. The van der Waals surface area contributed by atoms with Gasteiger partial charge in [0, 0.05) is 6.04 Å². The van der Waals surface area contributed by atoms with Crippen LogP contribution < -0.4 is 5.73 Å². The fourth-order valence-electron chi connectivity index (χ4n) is 1.79. The third-order valence-corrected chi connectivity index (χ3v) is 2.93. The van der Waals surface area contributed by atoms with Crippen molar-refractivity contribution < 1.29 is 13.2 Å². The van der Waals surface area contributed by atoms with Crippen LogP contribution in [-0.4, -0.2) is 0 Å². The molecule has 1 aromatic rings. The van der Waals surface area contributed by atoms with Crippen LogP contribution in [0.2, 0.25) is 0 Å². The smallest absolute Gasteiger partial charge is 0.324 e. The maximum absolute atomic E-state index is 12.5. The number of hydrogen-bond acceptors (Lipinski definition) is 1. The molecule has 4 heteroatoms. The molecule has 1 aromatic carbocycles. The van der Waals surface area contributed by atoms with Gasteiger partial charge in [-0.3, -0.25) is 0 Å². The lowest BCUT2D eigenvalue weighted by atomic mass is 10.00. The molecular formula is C12H14F3N. The SMILES string of the molecule is N[C@H](CC1CC1)c1cccc(C(F)(F)F)c1. The lowest BCUT2D eigenvalue weighted by Gasteiger charge is -2.14. The molecule has 2 N–H and O–H groups in total. The van der Waals surface area contributed by atoms with Crippen molar-refractivity contribution in [2.45, 2.75) is 31.5 Å². The van der Waals surface area contributed by atoms with Gasteiger partial charge in [-0.25, -0.2) is 0 Å². The zero-order chi connectivity index (χ0) is 11.8. The second-order valence-electron chi connectivity index (χ2n) is 4.41. The van der Waals surface area contributed by atoms with E-state index >= 15 is 0 Å². The first-order valence-electron chi connectivity index (χ1n) is 5.39. The normalized spacial score (nSPS) is 18.5. The van der Waals surface area contributed by atoms with Crippen LogP contribution in [0.15, 0.2) is 24.3 Å². The third kappa shape index (κ3) is 2.76. The van der Waals surface area contributed by atoms with E-state index in [1.807, 2.05) is 0 Å². The quantitative estimate of drug-likeness (QED) is 0.843. The van der Waals surface area contributed by atoms with Crippen molar-refractivity contribution in [3.8, 4) is 0 Å². The molecule has 0 amide bonds. The van der Waals surface area contributed by atoms with Crippen molar-refractivity contribution in [2.24, 2.45) is 11.7 Å². The molecule has 0 aromatic heterocycles. The van der Waals surface area contributed by atoms with E-state index in [9.17, 15) is 13.2 Å². The van der Waals surface area contributed by atoms with Gasteiger partial charge in [-0.05, 0) is 30.0 Å². The highest BCUT2D eigenvalue weighted by Gasteiger charge is 2.31. The molecule has 2 rings (SSSR count). The summed E-state index contributed by atoms with van der Waals surface area (Å²) in [6, 6.07) is 5.06. The van der Waals surface area contributed by atoms with Crippen LogP contribution in [-0.2, 0) is 6.18 Å². The van der Waals surface area contributed by atoms with Gasteiger partial charge >= 0.3 is 6.18 Å². The van der Waals surface area contributed by atoms with E-state index in [0.717, 1.165) is 31.4 Å². The molecule has 0 saturated heterocycles. The summed E-state index contributed by atoms with van der Waals surface area (Å²) in [6.45, 7) is 0. The van der Waals surface area contributed by atoms with Gasteiger partial charge in [0.2, 0.25) is 0 Å². The van der Waals surface area contributed by atoms with E-state index in [-0.39, 0.29) is 6.04 Å². The Balaban J connectivity index is 2.14. The van der Waals surface area contributed by atoms with Gasteiger partial charge in [-0.15, -0.1) is 0 Å². The number of nitrogens with two attached hydrogens (primary N) is 1. The molecule has 1 nitrogen and oxygen atoms in total. The topological polar surface area (TPSA) is 26.0 Å². The summed E-state index contributed by atoms with van der Waals surface area (Å²) in [4.78, 5) is 0. The summed E-state index contributed by atoms with van der Waals surface area (Å²) in [7, 11) is 0. The summed E-state index contributed by atoms with van der Waals surface area (Å²) in [5, 5.41) is 0. The molecule has 0 bridgehead atoms. The zero-order valence-corrected chi connectivity index (χ0v) is 8.80. The van der Waals surface area contributed by atoms with E-state index in [2.05, 4.69) is 0 Å². The minimum absolute atomic E-state index is 0.269. The molecule has 0 aliphatic heterocycles. The Bertz CT molecular complexity index is 369. The number of halogens is 3. The van der Waals surface area contributed by atoms with E-state index in [1.54, 1.807) is 6.07 Å². The lowest BCUT2D eigenvalue weighted by molar-refractivity contribution is -0.137. The summed E-state index contributed by atoms with van der Waals surface area (Å²) < 4.78 is 37.4. The van der Waals surface area contributed by atoms with Crippen LogP contribution in [0, 0.1) is 5.92 Å². The maximum atomic E-state index is 12.5. The van der Waals surface area contributed by atoms with Crippen molar-refractivity contribution in [3.63, 3.8) is 0 Å². The van der Waals surface area contributed by atoms with Crippen molar-refractivity contribution in [2.75, 3.05) is 0 Å². The Morgan fingerprint density at radius 1 is 1.31 bits per heavy atom. The van der Waals surface area contributed by atoms with Crippen molar-refractivity contribution in [3.05, 3.63) is 35.4 Å². The standard InChI is InChI=1S/C12H14F3N/c13-12(14,15)10-3-1-2-9(7-10)11(16)6-8-4-5-8/h1-3,7-8,11H,4-6,16H2/t11-/m1/s1. The van der Waals surface area contributed by atoms with Gasteiger partial charge in [-0.1, -0.05) is 25.0 Å². The van der Waals surface area contributed by atoms with Gasteiger partial charge in [0.25, 0.3) is 0 Å². The van der Waals surface area contributed by atoms with E-state index < -0.39 is 11.7 Å². The predicted octanol–water partition coefficient (Wildman–Crippen LogP) is 3.51. The number of hydrogen-bond donors (Lipinski definition) is 1. The molecule has 0 spiro atoms. The summed E-state index contributed by atoms with van der Waals surface area (Å²) in [5.41, 5.74) is 5.85. The molecule has 16 heavy (non-hydrogen) atoms. The van der Waals surface area contributed by atoms with E-state index in [4.69, 9.17) is 5.73 Å². The number of benzene rings is 1. The third-order valence-electron chi connectivity index (χ3n) is 2.93. The van der Waals surface area contributed by atoms with Crippen LogP contribution in [0.25, 0.3) is 0 Å². The summed E-state index contributed by atoms with van der Waals surface area (Å²) >= 11 is 0. The van der Waals surface area contributed by atoms with E-state index in [1.165, 1.54) is 6.07 Å². The minimum atomic E-state index is -4.28. The molecule has 1 aliphatic carbocycles. The van der Waals surface area contributed by atoms with Crippen LogP contribution in [0.1, 0.15) is 36.4 Å². The first-order chi connectivity index (χ1) is 7.47. The minimum Gasteiger partial charge on any atom is -0.324 e. The highest BCUT2D eigenvalue weighted by Crippen LogP contribution is 2.37. The Kier molecular flexibility index (Phi) is 2.93. The highest BCUT2D eigenvalue weighted by atomic mass is 19.4. The molecule has 0 radical (unpaired) electrons. The molecule has 0 unspecified atom stereocenters. The molecule has 1 fully saturated rings. The van der Waals surface area contributed by atoms with Crippen molar-refractivity contribution >= 4 is 0 Å². The summed E-state index contributed by atoms with van der Waals surface area (Å²) in [5.74, 6) is 0.615. The van der Waals surface area contributed by atoms with Gasteiger partial charge in [0.1, 0.15) is 0 Å². The first-order valence-corrected chi connectivity index (χ1v) is 5.39. The molecule has 0 heterocycles. The second kappa shape index (κ2) is 4.09. The van der Waals surface area contributed by atoms with Gasteiger partial charge < -0.3 is 5.73 Å². The van der Waals surface area contributed by atoms with E-state index in [0.29, 0.717) is 11.5 Å². The average molecular weight is 229 g/mol. The first kappa shape index (κ1) is 11.5. The number of rotatable bonds is 3. The fourth-order valence-corrected chi connectivity index (χ4v) is 1.79. The number of alkyl halides is 3. The van der Waals surface area contributed by atoms with Crippen LogP contribution in [0.3, 0.4) is 0 Å². The van der Waals surface area contributed by atoms with Crippen molar-refractivity contribution in [1.82, 2.24) is 0 Å². The largest absolute Gasteiger partial charge is 0.416 e. The van der Waals surface area contributed by atoms with Crippen LogP contribution in [0.5, 0.6) is 0 Å². The monoisotopic (exact) mass is 229 g/mol. The predicted molar refractivity (Wildman–Crippen MR) is 55.7 cm³/mol. The van der Waals surface area contributed by atoms with Crippen LogP contribution in [0.4, 0.5) is 13.2 Å². The Morgan fingerprint density at radius 2 is 2.00 bits per heavy atom. The molecule has 1 saturated carbocycles. The Hall–Kier alpha value is -1.03. The molecule has 1 atom stereocenters. The zero-order valence-electron chi connectivity index (χ0n) is 8.80. The summed E-state index contributed by atoms with van der Waals surface area (Å²) in [6.07, 6.45) is -1.17. The van der Waals surface area contributed by atoms with Crippen LogP contribution >= 0.6 is 0 Å². The van der Waals surface area contributed by atoms with Gasteiger partial charge in [0.15, 0.2) is 0 Å². The molecular weight excluding hydrogens is 215 g/mol. The fraction of sp³-hybridized carbons (Fsp3) is 0.500. The van der Waals surface area contributed by atoms with Gasteiger partial charge in [-0.2, -0.15) is 13.2 Å². The highest BCUT2D eigenvalue weighted by molar-refractivity contribution is 5.27. The second-order valence-corrected chi connectivity index (χ2v) is 4.41. The van der Waals surface area contributed by atoms with Gasteiger partial charge in [0.05, 0.1) is 5.56 Å². The Labute approximate surface area is 92.5 Å². The molecule has 88 valence electrons. The lowest BCUT2D eigenvalue weighted by Crippen LogP contribution is -2.13. The average Bonchev–Trinajstić information content (AvgIpc) is 3.00. The van der Waals surface area contributed by atoms with Crippen molar-refractivity contribution in [1.29, 1.82) is 0 Å². The Morgan fingerprint density at radius 3 is 2.56 bits per heavy atom. The molecule has 1 aliphatic rings.